The summed E-state index contributed by atoms with van der Waals surface area (Å²) in [5.41, 5.74) is 1.19. The molecule has 1 aromatic rings. The van der Waals surface area contributed by atoms with Crippen LogP contribution in [0.1, 0.15) is 38.3 Å². The van der Waals surface area contributed by atoms with E-state index in [1.54, 1.807) is 0 Å². The van der Waals surface area contributed by atoms with E-state index in [2.05, 4.69) is 40.0 Å². The van der Waals surface area contributed by atoms with Crippen molar-refractivity contribution in [2.24, 2.45) is 4.99 Å². The monoisotopic (exact) mass is 416 g/mol. The van der Waals surface area contributed by atoms with E-state index in [0.29, 0.717) is 12.0 Å². The van der Waals surface area contributed by atoms with Crippen LogP contribution in [0, 0.1) is 0 Å². The molecule has 0 heterocycles. The summed E-state index contributed by atoms with van der Waals surface area (Å²) >= 11 is 0. The largest absolute Gasteiger partial charge is 0.357 e. The first-order valence-corrected chi connectivity index (χ1v) is 7.58. The number of carbonyl (C=O) groups excluding carboxylic acids is 1. The van der Waals surface area contributed by atoms with Crippen molar-refractivity contribution in [1.82, 2.24) is 16.0 Å². The first-order valence-electron chi connectivity index (χ1n) is 7.58. The number of hydrogen-bond acceptors (Lipinski definition) is 2. The molecule has 0 radical (unpaired) electrons. The van der Waals surface area contributed by atoms with Crippen LogP contribution in [-0.4, -0.2) is 31.0 Å². The third-order valence-electron chi connectivity index (χ3n) is 3.32. The van der Waals surface area contributed by atoms with Gasteiger partial charge in [-0.05, 0) is 32.3 Å². The van der Waals surface area contributed by atoms with Crippen molar-refractivity contribution >= 4 is 35.8 Å². The average molecular weight is 416 g/mol. The van der Waals surface area contributed by atoms with Gasteiger partial charge in [0.1, 0.15) is 6.54 Å². The summed E-state index contributed by atoms with van der Waals surface area (Å²) in [6, 6.07) is 10.7. The van der Waals surface area contributed by atoms with Crippen molar-refractivity contribution in [1.29, 1.82) is 0 Å². The summed E-state index contributed by atoms with van der Waals surface area (Å²) in [5.74, 6) is 0.655. The van der Waals surface area contributed by atoms with Crippen molar-refractivity contribution in [3.05, 3.63) is 35.9 Å². The highest BCUT2D eigenvalue weighted by molar-refractivity contribution is 14.0. The molecule has 0 saturated heterocycles. The second kappa shape index (κ2) is 9.66. The Bertz CT molecular complexity index is 488. The summed E-state index contributed by atoms with van der Waals surface area (Å²) in [5, 5.41) is 9.42. The van der Waals surface area contributed by atoms with Gasteiger partial charge in [-0.3, -0.25) is 4.79 Å². The summed E-state index contributed by atoms with van der Waals surface area (Å²) in [6.45, 7) is 5.01. The molecule has 6 heteroatoms. The molecule has 2 rings (SSSR count). The number of hydrogen-bond donors (Lipinski definition) is 3. The molecule has 0 bridgehead atoms. The van der Waals surface area contributed by atoms with Gasteiger partial charge in [-0.25, -0.2) is 4.99 Å². The smallest absolute Gasteiger partial charge is 0.242 e. The molecule has 22 heavy (non-hydrogen) atoms. The molecular weight excluding hydrogens is 391 g/mol. The van der Waals surface area contributed by atoms with E-state index in [9.17, 15) is 4.79 Å². The number of rotatable bonds is 6. The third kappa shape index (κ3) is 6.64. The Morgan fingerprint density at radius 2 is 2.00 bits per heavy atom. The van der Waals surface area contributed by atoms with Crippen LogP contribution in [0.2, 0.25) is 0 Å². The van der Waals surface area contributed by atoms with E-state index >= 15 is 0 Å². The highest BCUT2D eigenvalue weighted by Crippen LogP contribution is 2.18. The zero-order valence-electron chi connectivity index (χ0n) is 13.1. The molecule has 1 saturated carbocycles. The predicted molar refractivity (Wildman–Crippen MR) is 101 cm³/mol. The Kier molecular flexibility index (Phi) is 8.22. The Balaban J connectivity index is 0.00000242. The fourth-order valence-electron chi connectivity index (χ4n) is 2.00. The summed E-state index contributed by atoms with van der Waals surface area (Å²) in [4.78, 5) is 16.0. The SMILES string of the molecule is CCNC(=NCC(=O)NC1CC1)NC(C)c1ccccc1.I. The number of nitrogens with zero attached hydrogens (tertiary/aromatic N) is 1. The number of amides is 1. The molecule has 1 unspecified atom stereocenters. The van der Waals surface area contributed by atoms with Crippen LogP contribution in [0.25, 0.3) is 0 Å². The van der Waals surface area contributed by atoms with E-state index in [-0.39, 0.29) is 42.5 Å². The first kappa shape index (κ1) is 18.7. The van der Waals surface area contributed by atoms with Gasteiger partial charge in [0.25, 0.3) is 0 Å². The van der Waals surface area contributed by atoms with Crippen LogP contribution in [0.3, 0.4) is 0 Å². The van der Waals surface area contributed by atoms with E-state index in [1.807, 2.05) is 25.1 Å². The van der Waals surface area contributed by atoms with E-state index < -0.39 is 0 Å². The second-order valence-electron chi connectivity index (χ2n) is 5.31. The number of nitrogens with one attached hydrogen (secondary N) is 3. The zero-order chi connectivity index (χ0) is 15.1. The number of halogens is 1. The zero-order valence-corrected chi connectivity index (χ0v) is 15.5. The molecule has 1 aliphatic rings. The second-order valence-corrected chi connectivity index (χ2v) is 5.31. The van der Waals surface area contributed by atoms with Crippen LogP contribution in [-0.2, 0) is 4.79 Å². The molecule has 5 nitrogen and oxygen atoms in total. The minimum absolute atomic E-state index is 0. The van der Waals surface area contributed by atoms with E-state index in [0.717, 1.165) is 19.4 Å². The maximum absolute atomic E-state index is 11.7. The summed E-state index contributed by atoms with van der Waals surface area (Å²) in [7, 11) is 0. The van der Waals surface area contributed by atoms with Crippen LogP contribution in [0.4, 0.5) is 0 Å². The van der Waals surface area contributed by atoms with Crippen molar-refractivity contribution < 1.29 is 4.79 Å². The van der Waals surface area contributed by atoms with Gasteiger partial charge < -0.3 is 16.0 Å². The Morgan fingerprint density at radius 1 is 1.32 bits per heavy atom. The van der Waals surface area contributed by atoms with Crippen molar-refractivity contribution in [3.8, 4) is 0 Å². The number of aliphatic imine (C=N–C) groups is 1. The molecule has 1 atom stereocenters. The van der Waals surface area contributed by atoms with Gasteiger partial charge in [0.2, 0.25) is 5.91 Å². The topological polar surface area (TPSA) is 65.5 Å². The Labute approximate surface area is 149 Å². The average Bonchev–Trinajstić information content (AvgIpc) is 3.30. The molecule has 1 aliphatic carbocycles. The predicted octanol–water partition coefficient (Wildman–Crippen LogP) is 2.20. The van der Waals surface area contributed by atoms with Gasteiger partial charge >= 0.3 is 0 Å². The number of benzene rings is 1. The molecule has 1 amide bonds. The third-order valence-corrected chi connectivity index (χ3v) is 3.32. The lowest BCUT2D eigenvalue weighted by molar-refractivity contribution is -0.119. The van der Waals surface area contributed by atoms with Crippen LogP contribution < -0.4 is 16.0 Å². The molecular formula is C16H25IN4O. The van der Waals surface area contributed by atoms with Gasteiger partial charge in [-0.2, -0.15) is 0 Å². The fourth-order valence-corrected chi connectivity index (χ4v) is 2.00. The Morgan fingerprint density at radius 3 is 2.59 bits per heavy atom. The van der Waals surface area contributed by atoms with Crippen LogP contribution >= 0.6 is 24.0 Å². The van der Waals surface area contributed by atoms with Gasteiger partial charge in [-0.15, -0.1) is 24.0 Å². The quantitative estimate of drug-likeness (QED) is 0.379. The molecule has 122 valence electrons. The lowest BCUT2D eigenvalue weighted by Gasteiger charge is -2.18. The van der Waals surface area contributed by atoms with Crippen molar-refractivity contribution in [3.63, 3.8) is 0 Å². The van der Waals surface area contributed by atoms with Crippen LogP contribution in [0.5, 0.6) is 0 Å². The first-order chi connectivity index (χ1) is 10.2. The molecule has 1 fully saturated rings. The van der Waals surface area contributed by atoms with E-state index in [1.165, 1.54) is 5.56 Å². The highest BCUT2D eigenvalue weighted by Gasteiger charge is 2.22. The number of carbonyl (C=O) groups is 1. The van der Waals surface area contributed by atoms with Gasteiger partial charge in [0, 0.05) is 12.6 Å². The normalized spacial score (nSPS) is 15.5. The van der Waals surface area contributed by atoms with Gasteiger partial charge in [-0.1, -0.05) is 30.3 Å². The molecule has 0 aromatic heterocycles. The lowest BCUT2D eigenvalue weighted by Crippen LogP contribution is -2.39. The molecule has 0 spiro atoms. The fraction of sp³-hybridized carbons (Fsp3) is 0.500. The molecule has 3 N–H and O–H groups in total. The maximum atomic E-state index is 11.7. The van der Waals surface area contributed by atoms with Crippen molar-refractivity contribution in [2.45, 2.75) is 38.8 Å². The molecule has 1 aromatic carbocycles. The molecule has 0 aliphatic heterocycles. The van der Waals surface area contributed by atoms with Gasteiger partial charge in [0.15, 0.2) is 5.96 Å². The number of guanidine groups is 1. The van der Waals surface area contributed by atoms with E-state index in [4.69, 9.17) is 0 Å². The minimum Gasteiger partial charge on any atom is -0.357 e. The lowest BCUT2D eigenvalue weighted by atomic mass is 10.1. The summed E-state index contributed by atoms with van der Waals surface area (Å²) in [6.07, 6.45) is 2.19. The summed E-state index contributed by atoms with van der Waals surface area (Å²) < 4.78 is 0. The van der Waals surface area contributed by atoms with Gasteiger partial charge in [0.05, 0.1) is 6.04 Å². The van der Waals surface area contributed by atoms with Crippen LogP contribution in [0.15, 0.2) is 35.3 Å². The minimum atomic E-state index is -0.0120. The Hall–Kier alpha value is -1.31. The standard InChI is InChI=1S/C16H24N4O.HI/c1-3-17-16(18-11-15(21)20-14-9-10-14)19-12(2)13-7-5-4-6-8-13;/h4-8,12,14H,3,9-11H2,1-2H3,(H,20,21)(H2,17,18,19);1H. The highest BCUT2D eigenvalue weighted by atomic mass is 127. The van der Waals surface area contributed by atoms with Crippen molar-refractivity contribution in [2.75, 3.05) is 13.1 Å². The maximum Gasteiger partial charge on any atom is 0.242 e.